The highest BCUT2D eigenvalue weighted by Crippen LogP contribution is 2.26. The maximum Gasteiger partial charge on any atom is 0.228 e. The van der Waals surface area contributed by atoms with Gasteiger partial charge in [0, 0.05) is 31.0 Å². The first-order valence-electron chi connectivity index (χ1n) is 9.83. The minimum absolute atomic E-state index is 0.00252. The van der Waals surface area contributed by atoms with Gasteiger partial charge in [-0.1, -0.05) is 41.9 Å². The van der Waals surface area contributed by atoms with Crippen LogP contribution in [0.2, 0.25) is 5.02 Å². The lowest BCUT2D eigenvalue weighted by molar-refractivity contribution is -0.120. The Morgan fingerprint density at radius 3 is 2.63 bits per heavy atom. The van der Waals surface area contributed by atoms with Crippen molar-refractivity contribution in [2.75, 3.05) is 23.3 Å². The summed E-state index contributed by atoms with van der Waals surface area (Å²) in [5.41, 5.74) is 1.26. The average Bonchev–Trinajstić information content (AvgIpc) is 2.80. The Kier molecular flexibility index (Phi) is 6.81. The summed E-state index contributed by atoms with van der Waals surface area (Å²) in [5.74, 6) is 2.22. The fourth-order valence-electron chi connectivity index (χ4n) is 3.34. The fraction of sp³-hybridized carbons (Fsp3) is 0.273. The van der Waals surface area contributed by atoms with Crippen molar-refractivity contribution in [2.45, 2.75) is 23.6 Å². The summed E-state index contributed by atoms with van der Waals surface area (Å²) in [6.07, 6.45) is 6.66. The second-order valence-electron chi connectivity index (χ2n) is 7.10. The standard InChI is InChI=1S/C22H22ClN5OS/c23-18-6-7-19(25-12-18)26-22(29)17-8-10-28(11-9-17)20-13-24-14-21(27-20)30-15-16-4-2-1-3-5-16/h1-7,12-14,17H,8-11,15H2,(H,25,26,29). The van der Waals surface area contributed by atoms with Crippen LogP contribution in [0.5, 0.6) is 0 Å². The largest absolute Gasteiger partial charge is 0.355 e. The highest BCUT2D eigenvalue weighted by atomic mass is 35.5. The topological polar surface area (TPSA) is 71.0 Å². The molecular weight excluding hydrogens is 418 g/mol. The predicted octanol–water partition coefficient (Wildman–Crippen LogP) is 4.67. The van der Waals surface area contributed by atoms with E-state index in [-0.39, 0.29) is 11.8 Å². The monoisotopic (exact) mass is 439 g/mol. The van der Waals surface area contributed by atoms with E-state index in [2.05, 4.69) is 32.3 Å². The van der Waals surface area contributed by atoms with E-state index in [1.807, 2.05) is 18.2 Å². The molecule has 0 radical (unpaired) electrons. The van der Waals surface area contributed by atoms with Crippen molar-refractivity contribution in [2.24, 2.45) is 5.92 Å². The molecule has 6 nitrogen and oxygen atoms in total. The van der Waals surface area contributed by atoms with Gasteiger partial charge in [0.2, 0.25) is 5.91 Å². The number of carbonyl (C=O) groups is 1. The number of carbonyl (C=O) groups excluding carboxylic acids is 1. The third-order valence-corrected chi connectivity index (χ3v) is 6.19. The van der Waals surface area contributed by atoms with Crippen molar-refractivity contribution in [3.8, 4) is 0 Å². The first kappa shape index (κ1) is 20.6. The van der Waals surface area contributed by atoms with Gasteiger partial charge in [-0.05, 0) is 30.5 Å². The van der Waals surface area contributed by atoms with Crippen LogP contribution in [-0.4, -0.2) is 33.9 Å². The number of nitrogens with one attached hydrogen (secondary N) is 1. The second kappa shape index (κ2) is 9.91. The second-order valence-corrected chi connectivity index (χ2v) is 8.53. The Morgan fingerprint density at radius 1 is 1.10 bits per heavy atom. The van der Waals surface area contributed by atoms with E-state index in [1.165, 1.54) is 11.8 Å². The van der Waals surface area contributed by atoms with Crippen LogP contribution in [-0.2, 0) is 10.5 Å². The lowest BCUT2D eigenvalue weighted by atomic mass is 9.96. The van der Waals surface area contributed by atoms with Crippen molar-refractivity contribution in [3.05, 3.63) is 71.6 Å². The summed E-state index contributed by atoms with van der Waals surface area (Å²) in [6, 6.07) is 13.8. The summed E-state index contributed by atoms with van der Waals surface area (Å²) in [4.78, 5) is 28.0. The van der Waals surface area contributed by atoms with Crippen LogP contribution >= 0.6 is 23.4 Å². The Morgan fingerprint density at radius 2 is 1.90 bits per heavy atom. The van der Waals surface area contributed by atoms with E-state index in [0.717, 1.165) is 42.5 Å². The van der Waals surface area contributed by atoms with Crippen LogP contribution in [0.3, 0.4) is 0 Å². The highest BCUT2D eigenvalue weighted by Gasteiger charge is 2.26. The quantitative estimate of drug-likeness (QED) is 0.562. The number of rotatable bonds is 6. The SMILES string of the molecule is O=C(Nc1ccc(Cl)cn1)C1CCN(c2cncc(SCc3ccccc3)n2)CC1. The molecule has 4 rings (SSSR count). The smallest absolute Gasteiger partial charge is 0.228 e. The summed E-state index contributed by atoms with van der Waals surface area (Å²) >= 11 is 7.52. The van der Waals surface area contributed by atoms with Crippen molar-refractivity contribution in [1.82, 2.24) is 15.0 Å². The Hall–Kier alpha value is -2.64. The molecule has 0 atom stereocenters. The molecule has 1 aliphatic heterocycles. The fourth-order valence-corrected chi connectivity index (χ4v) is 4.25. The number of piperidine rings is 1. The molecule has 30 heavy (non-hydrogen) atoms. The lowest BCUT2D eigenvalue weighted by Crippen LogP contribution is -2.38. The zero-order valence-electron chi connectivity index (χ0n) is 16.4. The number of hydrogen-bond acceptors (Lipinski definition) is 6. The van der Waals surface area contributed by atoms with Gasteiger partial charge < -0.3 is 10.2 Å². The predicted molar refractivity (Wildman–Crippen MR) is 121 cm³/mol. The summed E-state index contributed by atoms with van der Waals surface area (Å²) in [5, 5.41) is 4.33. The van der Waals surface area contributed by atoms with Crippen LogP contribution in [0.15, 0.2) is 66.1 Å². The molecular formula is C22H22ClN5OS. The number of pyridine rings is 1. The van der Waals surface area contributed by atoms with Gasteiger partial charge in [0.1, 0.15) is 16.7 Å². The Balaban J connectivity index is 1.30. The summed E-state index contributed by atoms with van der Waals surface area (Å²) in [6.45, 7) is 1.54. The van der Waals surface area contributed by atoms with Gasteiger partial charge in [-0.3, -0.25) is 9.78 Å². The molecule has 0 unspecified atom stereocenters. The molecule has 154 valence electrons. The molecule has 0 aliphatic carbocycles. The highest BCUT2D eigenvalue weighted by molar-refractivity contribution is 7.98. The molecule has 1 aliphatic rings. The summed E-state index contributed by atoms with van der Waals surface area (Å²) < 4.78 is 0. The van der Waals surface area contributed by atoms with Gasteiger partial charge in [0.25, 0.3) is 0 Å². The minimum atomic E-state index is -0.0395. The third kappa shape index (κ3) is 5.49. The van der Waals surface area contributed by atoms with Gasteiger partial charge in [0.15, 0.2) is 0 Å². The summed E-state index contributed by atoms with van der Waals surface area (Å²) in [7, 11) is 0. The number of amides is 1. The number of hydrogen-bond donors (Lipinski definition) is 1. The first-order valence-corrected chi connectivity index (χ1v) is 11.2. The molecule has 1 amide bonds. The van der Waals surface area contributed by atoms with Crippen molar-refractivity contribution >= 4 is 40.9 Å². The van der Waals surface area contributed by atoms with Crippen molar-refractivity contribution in [1.29, 1.82) is 0 Å². The van der Waals surface area contributed by atoms with Gasteiger partial charge in [0.05, 0.1) is 17.4 Å². The third-order valence-electron chi connectivity index (χ3n) is 5.00. The van der Waals surface area contributed by atoms with E-state index in [4.69, 9.17) is 16.6 Å². The van der Waals surface area contributed by atoms with Gasteiger partial charge in [-0.25, -0.2) is 9.97 Å². The van der Waals surface area contributed by atoms with Crippen molar-refractivity contribution in [3.63, 3.8) is 0 Å². The van der Waals surface area contributed by atoms with Crippen LogP contribution < -0.4 is 10.2 Å². The Bertz CT molecular complexity index is 978. The lowest BCUT2D eigenvalue weighted by Gasteiger charge is -2.32. The molecule has 0 spiro atoms. The number of anilines is 2. The number of thioether (sulfide) groups is 1. The number of benzene rings is 1. The molecule has 3 aromatic rings. The molecule has 0 saturated carbocycles. The normalized spacial score (nSPS) is 14.5. The molecule has 1 saturated heterocycles. The van der Waals surface area contributed by atoms with E-state index >= 15 is 0 Å². The minimum Gasteiger partial charge on any atom is -0.355 e. The van der Waals surface area contributed by atoms with E-state index < -0.39 is 0 Å². The molecule has 1 fully saturated rings. The maximum absolute atomic E-state index is 12.5. The van der Waals surface area contributed by atoms with E-state index in [1.54, 1.807) is 36.3 Å². The first-order chi connectivity index (χ1) is 14.7. The van der Waals surface area contributed by atoms with Gasteiger partial charge >= 0.3 is 0 Å². The number of aromatic nitrogens is 3. The van der Waals surface area contributed by atoms with Gasteiger partial charge in [-0.15, -0.1) is 11.8 Å². The molecule has 8 heteroatoms. The maximum atomic E-state index is 12.5. The zero-order valence-corrected chi connectivity index (χ0v) is 17.9. The molecule has 1 aromatic carbocycles. The molecule has 1 N–H and O–H groups in total. The van der Waals surface area contributed by atoms with E-state index in [9.17, 15) is 4.79 Å². The zero-order chi connectivity index (χ0) is 20.8. The van der Waals surface area contributed by atoms with Crippen LogP contribution in [0, 0.1) is 5.92 Å². The Labute approximate surface area is 185 Å². The molecule has 2 aromatic heterocycles. The van der Waals surface area contributed by atoms with Crippen molar-refractivity contribution < 1.29 is 4.79 Å². The van der Waals surface area contributed by atoms with Crippen LogP contribution in [0.25, 0.3) is 0 Å². The van der Waals surface area contributed by atoms with Crippen LogP contribution in [0.4, 0.5) is 11.6 Å². The average molecular weight is 440 g/mol. The van der Waals surface area contributed by atoms with E-state index in [0.29, 0.717) is 10.8 Å². The number of nitrogens with zero attached hydrogens (tertiary/aromatic N) is 4. The van der Waals surface area contributed by atoms with Crippen LogP contribution in [0.1, 0.15) is 18.4 Å². The molecule has 0 bridgehead atoms. The molecule has 3 heterocycles. The van der Waals surface area contributed by atoms with Gasteiger partial charge in [-0.2, -0.15) is 0 Å². The number of halogens is 1.